The van der Waals surface area contributed by atoms with Crippen molar-refractivity contribution in [1.82, 2.24) is 20.5 Å². The van der Waals surface area contributed by atoms with Crippen LogP contribution in [0.2, 0.25) is 0 Å². The van der Waals surface area contributed by atoms with Gasteiger partial charge in [0.15, 0.2) is 0 Å². The van der Waals surface area contributed by atoms with Gasteiger partial charge >= 0.3 is 0 Å². The highest BCUT2D eigenvalue weighted by atomic mass is 16.5. The molecule has 1 amide bonds. The minimum atomic E-state index is -0.131. The highest BCUT2D eigenvalue weighted by molar-refractivity contribution is 5.94. The Morgan fingerprint density at radius 2 is 2.39 bits per heavy atom. The smallest absolute Gasteiger partial charge is 0.251 e. The molecule has 1 aromatic heterocycles. The first-order valence-corrected chi connectivity index (χ1v) is 5.56. The summed E-state index contributed by atoms with van der Waals surface area (Å²) in [5.41, 5.74) is 0.576. The van der Waals surface area contributed by atoms with Crippen LogP contribution in [0, 0.1) is 0 Å². The van der Waals surface area contributed by atoms with Crippen molar-refractivity contribution in [3.8, 4) is 5.75 Å². The predicted octanol–water partition coefficient (Wildman–Crippen LogP) is 0.786. The van der Waals surface area contributed by atoms with Crippen LogP contribution >= 0.6 is 0 Å². The first kappa shape index (κ1) is 12.1. The summed E-state index contributed by atoms with van der Waals surface area (Å²) in [6, 6.07) is 7.02. The second kappa shape index (κ2) is 5.81. The standard InChI is InChI=1S/C12H14N4O2/c1-18-10-4-2-3-9(7-10)12(17)13-6-5-11-14-8-15-16-11/h2-4,7-8H,5-6H2,1H3,(H,13,17)(H,14,15,16). The van der Waals surface area contributed by atoms with Crippen molar-refractivity contribution in [1.29, 1.82) is 0 Å². The second-order valence-electron chi connectivity index (χ2n) is 3.67. The molecule has 0 aliphatic rings. The monoisotopic (exact) mass is 246 g/mol. The van der Waals surface area contributed by atoms with E-state index in [0.717, 1.165) is 5.82 Å². The van der Waals surface area contributed by atoms with Gasteiger partial charge in [0.05, 0.1) is 7.11 Å². The third-order valence-corrected chi connectivity index (χ3v) is 2.44. The SMILES string of the molecule is COc1cccc(C(=O)NCCc2ncn[nH]2)c1. The lowest BCUT2D eigenvalue weighted by atomic mass is 10.2. The van der Waals surface area contributed by atoms with Gasteiger partial charge in [-0.1, -0.05) is 6.07 Å². The molecule has 2 aromatic rings. The van der Waals surface area contributed by atoms with Gasteiger partial charge in [-0.15, -0.1) is 0 Å². The molecule has 6 nitrogen and oxygen atoms in total. The molecule has 0 atom stereocenters. The number of methoxy groups -OCH3 is 1. The lowest BCUT2D eigenvalue weighted by molar-refractivity contribution is 0.0953. The molecule has 0 unspecified atom stereocenters. The van der Waals surface area contributed by atoms with E-state index >= 15 is 0 Å². The van der Waals surface area contributed by atoms with E-state index in [0.29, 0.717) is 24.3 Å². The Hall–Kier alpha value is -2.37. The van der Waals surface area contributed by atoms with E-state index in [1.807, 2.05) is 0 Å². The molecule has 94 valence electrons. The average molecular weight is 246 g/mol. The molecule has 0 saturated carbocycles. The van der Waals surface area contributed by atoms with E-state index in [1.165, 1.54) is 6.33 Å². The molecule has 2 rings (SSSR count). The average Bonchev–Trinajstić information content (AvgIpc) is 2.92. The molecular formula is C12H14N4O2. The Morgan fingerprint density at radius 1 is 1.50 bits per heavy atom. The molecule has 1 aromatic carbocycles. The molecule has 0 bridgehead atoms. The van der Waals surface area contributed by atoms with Crippen molar-refractivity contribution in [2.45, 2.75) is 6.42 Å². The third kappa shape index (κ3) is 3.07. The van der Waals surface area contributed by atoms with E-state index < -0.39 is 0 Å². The van der Waals surface area contributed by atoms with Crippen molar-refractivity contribution >= 4 is 5.91 Å². The quantitative estimate of drug-likeness (QED) is 0.817. The summed E-state index contributed by atoms with van der Waals surface area (Å²) in [5, 5.41) is 9.28. The highest BCUT2D eigenvalue weighted by Crippen LogP contribution is 2.12. The molecular weight excluding hydrogens is 232 g/mol. The zero-order valence-corrected chi connectivity index (χ0v) is 10.0. The summed E-state index contributed by atoms with van der Waals surface area (Å²) >= 11 is 0. The van der Waals surface area contributed by atoms with Crippen LogP contribution in [0.5, 0.6) is 5.75 Å². The number of aromatic nitrogens is 3. The number of amides is 1. The van der Waals surface area contributed by atoms with Crippen LogP contribution in [0.25, 0.3) is 0 Å². The number of hydrogen-bond donors (Lipinski definition) is 2. The number of rotatable bonds is 5. The van der Waals surface area contributed by atoms with Gasteiger partial charge < -0.3 is 10.1 Å². The topological polar surface area (TPSA) is 79.9 Å². The minimum absolute atomic E-state index is 0.131. The van der Waals surface area contributed by atoms with E-state index in [-0.39, 0.29) is 5.91 Å². The predicted molar refractivity (Wildman–Crippen MR) is 65.4 cm³/mol. The van der Waals surface area contributed by atoms with Crippen LogP contribution in [-0.4, -0.2) is 34.7 Å². The summed E-state index contributed by atoms with van der Waals surface area (Å²) in [6.45, 7) is 0.505. The summed E-state index contributed by atoms with van der Waals surface area (Å²) in [5.74, 6) is 1.28. The van der Waals surface area contributed by atoms with Gasteiger partial charge in [0.1, 0.15) is 17.9 Å². The maximum Gasteiger partial charge on any atom is 0.251 e. The fourth-order valence-electron chi connectivity index (χ4n) is 1.51. The molecule has 0 fully saturated rings. The van der Waals surface area contributed by atoms with Crippen LogP contribution in [0.3, 0.4) is 0 Å². The van der Waals surface area contributed by atoms with Crippen LogP contribution < -0.4 is 10.1 Å². The van der Waals surface area contributed by atoms with Gasteiger partial charge in [-0.25, -0.2) is 4.98 Å². The molecule has 0 spiro atoms. The van der Waals surface area contributed by atoms with Gasteiger partial charge in [-0.3, -0.25) is 9.89 Å². The zero-order valence-electron chi connectivity index (χ0n) is 10.0. The summed E-state index contributed by atoms with van der Waals surface area (Å²) in [6.07, 6.45) is 2.06. The number of aromatic amines is 1. The zero-order chi connectivity index (χ0) is 12.8. The van der Waals surface area contributed by atoms with Gasteiger partial charge in [-0.2, -0.15) is 5.10 Å². The Kier molecular flexibility index (Phi) is 3.90. The van der Waals surface area contributed by atoms with Crippen molar-refractivity contribution < 1.29 is 9.53 Å². The molecule has 2 N–H and O–H groups in total. The van der Waals surface area contributed by atoms with E-state index in [4.69, 9.17) is 4.74 Å². The first-order chi connectivity index (χ1) is 8.79. The molecule has 0 radical (unpaired) electrons. The van der Waals surface area contributed by atoms with Gasteiger partial charge in [0.2, 0.25) is 0 Å². The number of H-pyrrole nitrogens is 1. The lowest BCUT2D eigenvalue weighted by Crippen LogP contribution is -2.25. The van der Waals surface area contributed by atoms with Crippen LogP contribution in [0.1, 0.15) is 16.2 Å². The molecule has 1 heterocycles. The number of carbonyl (C=O) groups is 1. The molecule has 6 heteroatoms. The maximum absolute atomic E-state index is 11.8. The number of carbonyl (C=O) groups excluding carboxylic acids is 1. The normalized spacial score (nSPS) is 10.1. The Bertz CT molecular complexity index is 511. The summed E-state index contributed by atoms with van der Waals surface area (Å²) in [7, 11) is 1.57. The summed E-state index contributed by atoms with van der Waals surface area (Å²) < 4.78 is 5.07. The molecule has 0 aliphatic heterocycles. The first-order valence-electron chi connectivity index (χ1n) is 5.56. The third-order valence-electron chi connectivity index (χ3n) is 2.44. The second-order valence-corrected chi connectivity index (χ2v) is 3.67. The Balaban J connectivity index is 1.87. The minimum Gasteiger partial charge on any atom is -0.497 e. The Labute approximate surface area is 104 Å². The number of hydrogen-bond acceptors (Lipinski definition) is 4. The Morgan fingerprint density at radius 3 is 3.11 bits per heavy atom. The lowest BCUT2D eigenvalue weighted by Gasteiger charge is -2.05. The number of nitrogens with one attached hydrogen (secondary N) is 2. The number of nitrogens with zero attached hydrogens (tertiary/aromatic N) is 2. The van der Waals surface area contributed by atoms with Gasteiger partial charge in [0.25, 0.3) is 5.91 Å². The van der Waals surface area contributed by atoms with Crippen molar-refractivity contribution in [2.75, 3.05) is 13.7 Å². The van der Waals surface area contributed by atoms with Gasteiger partial charge in [-0.05, 0) is 18.2 Å². The highest BCUT2D eigenvalue weighted by Gasteiger charge is 2.06. The molecule has 0 saturated heterocycles. The van der Waals surface area contributed by atoms with Gasteiger partial charge in [0, 0.05) is 18.5 Å². The van der Waals surface area contributed by atoms with Crippen molar-refractivity contribution in [3.05, 3.63) is 42.0 Å². The van der Waals surface area contributed by atoms with E-state index in [9.17, 15) is 4.79 Å². The van der Waals surface area contributed by atoms with E-state index in [1.54, 1.807) is 31.4 Å². The van der Waals surface area contributed by atoms with Crippen molar-refractivity contribution in [3.63, 3.8) is 0 Å². The molecule has 18 heavy (non-hydrogen) atoms. The largest absolute Gasteiger partial charge is 0.497 e. The number of benzene rings is 1. The fourth-order valence-corrected chi connectivity index (χ4v) is 1.51. The number of ether oxygens (including phenoxy) is 1. The summed E-state index contributed by atoms with van der Waals surface area (Å²) in [4.78, 5) is 15.8. The van der Waals surface area contributed by atoms with Crippen molar-refractivity contribution in [2.24, 2.45) is 0 Å². The van der Waals surface area contributed by atoms with E-state index in [2.05, 4.69) is 20.5 Å². The van der Waals surface area contributed by atoms with Crippen LogP contribution in [-0.2, 0) is 6.42 Å². The fraction of sp³-hybridized carbons (Fsp3) is 0.250. The molecule has 0 aliphatic carbocycles. The van der Waals surface area contributed by atoms with Crippen LogP contribution in [0.4, 0.5) is 0 Å². The maximum atomic E-state index is 11.8. The van der Waals surface area contributed by atoms with Crippen LogP contribution in [0.15, 0.2) is 30.6 Å².